The van der Waals surface area contributed by atoms with Crippen molar-refractivity contribution in [2.45, 2.75) is 19.4 Å². The van der Waals surface area contributed by atoms with Crippen LogP contribution in [0.3, 0.4) is 0 Å². The zero-order valence-electron chi connectivity index (χ0n) is 10.9. The standard InChI is InChI=1S/C13H14N4O3/c1-8-4-5-15-12(8)13(18)16-10-3-2-9(7-14)6-11(10)17(19)20/h2-3,6,8,12,15H,4-5H2,1H3,(H,16,18). The smallest absolute Gasteiger partial charge is 0.294 e. The molecule has 1 amide bonds. The highest BCUT2D eigenvalue weighted by Gasteiger charge is 2.30. The molecule has 1 aliphatic heterocycles. The first kappa shape index (κ1) is 14.0. The van der Waals surface area contributed by atoms with Crippen LogP contribution in [0.1, 0.15) is 18.9 Å². The van der Waals surface area contributed by atoms with Gasteiger partial charge >= 0.3 is 0 Å². The van der Waals surface area contributed by atoms with Crippen LogP contribution in [0.15, 0.2) is 18.2 Å². The number of anilines is 1. The van der Waals surface area contributed by atoms with Crippen molar-refractivity contribution in [3.05, 3.63) is 33.9 Å². The van der Waals surface area contributed by atoms with Crippen LogP contribution in [0.25, 0.3) is 0 Å². The number of hydrogen-bond donors (Lipinski definition) is 2. The van der Waals surface area contributed by atoms with Gasteiger partial charge in [0.25, 0.3) is 5.69 Å². The van der Waals surface area contributed by atoms with Crippen molar-refractivity contribution in [2.75, 3.05) is 11.9 Å². The molecule has 1 aromatic rings. The lowest BCUT2D eigenvalue weighted by Gasteiger charge is -2.15. The van der Waals surface area contributed by atoms with E-state index in [1.54, 1.807) is 0 Å². The van der Waals surface area contributed by atoms with E-state index in [1.807, 2.05) is 13.0 Å². The summed E-state index contributed by atoms with van der Waals surface area (Å²) in [5.74, 6) is -0.102. The summed E-state index contributed by atoms with van der Waals surface area (Å²) < 4.78 is 0. The van der Waals surface area contributed by atoms with Crippen molar-refractivity contribution in [3.8, 4) is 6.07 Å². The van der Waals surface area contributed by atoms with Gasteiger partial charge in [0.2, 0.25) is 5.91 Å². The highest BCUT2D eigenvalue weighted by Crippen LogP contribution is 2.26. The Morgan fingerprint density at radius 2 is 2.35 bits per heavy atom. The van der Waals surface area contributed by atoms with E-state index in [0.717, 1.165) is 19.0 Å². The summed E-state index contributed by atoms with van der Waals surface area (Å²) in [7, 11) is 0. The molecule has 1 aliphatic rings. The van der Waals surface area contributed by atoms with Crippen LogP contribution in [0.4, 0.5) is 11.4 Å². The fourth-order valence-corrected chi connectivity index (χ4v) is 2.25. The second kappa shape index (κ2) is 5.67. The molecule has 0 aromatic heterocycles. The van der Waals surface area contributed by atoms with Gasteiger partial charge in [0.1, 0.15) is 5.69 Å². The Morgan fingerprint density at radius 3 is 2.90 bits per heavy atom. The number of nitrogens with one attached hydrogen (secondary N) is 2. The third kappa shape index (κ3) is 2.75. The summed E-state index contributed by atoms with van der Waals surface area (Å²) in [5.41, 5.74) is 0.0185. The topological polar surface area (TPSA) is 108 Å². The molecular formula is C13H14N4O3. The number of benzene rings is 1. The summed E-state index contributed by atoms with van der Waals surface area (Å²) >= 11 is 0. The monoisotopic (exact) mass is 274 g/mol. The molecule has 1 fully saturated rings. The summed E-state index contributed by atoms with van der Waals surface area (Å²) in [6.45, 7) is 2.71. The van der Waals surface area contributed by atoms with Gasteiger partial charge < -0.3 is 10.6 Å². The molecule has 1 aromatic carbocycles. The van der Waals surface area contributed by atoms with E-state index in [2.05, 4.69) is 10.6 Å². The Balaban J connectivity index is 2.23. The predicted octanol–water partition coefficient (Wildman–Crippen LogP) is 1.40. The number of nitriles is 1. The summed E-state index contributed by atoms with van der Waals surface area (Å²) in [4.78, 5) is 22.5. The number of carbonyl (C=O) groups is 1. The van der Waals surface area contributed by atoms with Gasteiger partial charge in [-0.1, -0.05) is 6.92 Å². The average molecular weight is 274 g/mol. The van der Waals surface area contributed by atoms with Gasteiger partial charge in [0.05, 0.1) is 22.6 Å². The lowest BCUT2D eigenvalue weighted by atomic mass is 10.0. The van der Waals surface area contributed by atoms with E-state index in [4.69, 9.17) is 5.26 Å². The Labute approximate surface area is 115 Å². The molecule has 0 spiro atoms. The molecule has 1 saturated heterocycles. The zero-order valence-corrected chi connectivity index (χ0v) is 10.9. The quantitative estimate of drug-likeness (QED) is 0.639. The molecule has 20 heavy (non-hydrogen) atoms. The molecule has 0 saturated carbocycles. The molecular weight excluding hydrogens is 260 g/mol. The number of nitro groups is 1. The van der Waals surface area contributed by atoms with Crippen LogP contribution < -0.4 is 10.6 Å². The van der Waals surface area contributed by atoms with Crippen LogP contribution in [-0.2, 0) is 4.79 Å². The minimum Gasteiger partial charge on any atom is -0.319 e. The van der Waals surface area contributed by atoms with E-state index < -0.39 is 4.92 Å². The number of carbonyl (C=O) groups excluding carboxylic acids is 1. The van der Waals surface area contributed by atoms with Crippen LogP contribution in [-0.4, -0.2) is 23.4 Å². The summed E-state index contributed by atoms with van der Waals surface area (Å²) in [5, 5.41) is 25.4. The van der Waals surface area contributed by atoms with Gasteiger partial charge in [-0.2, -0.15) is 5.26 Å². The maximum atomic E-state index is 12.1. The van der Waals surface area contributed by atoms with Crippen LogP contribution in [0.2, 0.25) is 0 Å². The first-order chi connectivity index (χ1) is 9.52. The first-order valence-electron chi connectivity index (χ1n) is 6.25. The van der Waals surface area contributed by atoms with Crippen LogP contribution >= 0.6 is 0 Å². The fourth-order valence-electron chi connectivity index (χ4n) is 2.25. The van der Waals surface area contributed by atoms with Crippen molar-refractivity contribution in [1.29, 1.82) is 5.26 Å². The molecule has 0 bridgehead atoms. The lowest BCUT2D eigenvalue weighted by Crippen LogP contribution is -2.39. The van der Waals surface area contributed by atoms with E-state index in [1.165, 1.54) is 12.1 Å². The van der Waals surface area contributed by atoms with Gasteiger partial charge in [-0.05, 0) is 31.0 Å². The molecule has 2 N–H and O–H groups in total. The van der Waals surface area contributed by atoms with Gasteiger partial charge in [0.15, 0.2) is 0 Å². The molecule has 104 valence electrons. The molecule has 1 heterocycles. The van der Waals surface area contributed by atoms with Crippen molar-refractivity contribution < 1.29 is 9.72 Å². The Kier molecular flexibility index (Phi) is 3.96. The Hall–Kier alpha value is -2.46. The normalized spacial score (nSPS) is 21.2. The number of nitrogens with zero attached hydrogens (tertiary/aromatic N) is 2. The minimum absolute atomic E-state index is 0.111. The maximum absolute atomic E-state index is 12.1. The van der Waals surface area contributed by atoms with Gasteiger partial charge in [-0.25, -0.2) is 0 Å². The molecule has 2 unspecified atom stereocenters. The van der Waals surface area contributed by atoms with E-state index in [9.17, 15) is 14.9 Å². The molecule has 0 radical (unpaired) electrons. The van der Waals surface area contributed by atoms with Crippen molar-refractivity contribution in [3.63, 3.8) is 0 Å². The maximum Gasteiger partial charge on any atom is 0.294 e. The van der Waals surface area contributed by atoms with E-state index >= 15 is 0 Å². The van der Waals surface area contributed by atoms with E-state index in [0.29, 0.717) is 0 Å². The molecule has 2 rings (SSSR count). The van der Waals surface area contributed by atoms with Crippen molar-refractivity contribution in [1.82, 2.24) is 5.32 Å². The Bertz CT molecular complexity index is 594. The van der Waals surface area contributed by atoms with Gasteiger partial charge in [-0.3, -0.25) is 14.9 Å². The predicted molar refractivity (Wildman–Crippen MR) is 72.0 cm³/mol. The number of amides is 1. The third-order valence-electron chi connectivity index (χ3n) is 3.40. The fraction of sp³-hybridized carbons (Fsp3) is 0.385. The molecule has 2 atom stereocenters. The van der Waals surface area contributed by atoms with Crippen LogP contribution in [0.5, 0.6) is 0 Å². The summed E-state index contributed by atoms with van der Waals surface area (Å²) in [6.07, 6.45) is 0.896. The highest BCUT2D eigenvalue weighted by molar-refractivity contribution is 5.97. The third-order valence-corrected chi connectivity index (χ3v) is 3.40. The second-order valence-corrected chi connectivity index (χ2v) is 4.79. The molecule has 7 heteroatoms. The lowest BCUT2D eigenvalue weighted by molar-refractivity contribution is -0.383. The molecule has 7 nitrogen and oxygen atoms in total. The van der Waals surface area contributed by atoms with Gasteiger partial charge in [0, 0.05) is 6.07 Å². The Morgan fingerprint density at radius 1 is 1.60 bits per heavy atom. The molecule has 0 aliphatic carbocycles. The number of rotatable bonds is 3. The van der Waals surface area contributed by atoms with Crippen molar-refractivity contribution >= 4 is 17.3 Å². The summed E-state index contributed by atoms with van der Waals surface area (Å²) in [6, 6.07) is 5.47. The van der Waals surface area contributed by atoms with E-state index in [-0.39, 0.29) is 34.8 Å². The van der Waals surface area contributed by atoms with Crippen molar-refractivity contribution in [2.24, 2.45) is 5.92 Å². The SMILES string of the molecule is CC1CCNC1C(=O)Nc1ccc(C#N)cc1[N+](=O)[O-]. The highest BCUT2D eigenvalue weighted by atomic mass is 16.6. The zero-order chi connectivity index (χ0) is 14.7. The van der Waals surface area contributed by atoms with Crippen LogP contribution in [0, 0.1) is 27.4 Å². The number of nitro benzene ring substituents is 1. The largest absolute Gasteiger partial charge is 0.319 e. The average Bonchev–Trinajstić information content (AvgIpc) is 2.85. The number of hydrogen-bond acceptors (Lipinski definition) is 5. The minimum atomic E-state index is -0.609. The van der Waals surface area contributed by atoms with Gasteiger partial charge in [-0.15, -0.1) is 0 Å². The first-order valence-corrected chi connectivity index (χ1v) is 6.25. The second-order valence-electron chi connectivity index (χ2n) is 4.79.